The van der Waals surface area contributed by atoms with Crippen LogP contribution in [0.1, 0.15) is 31.4 Å². The number of rotatable bonds is 4. The van der Waals surface area contributed by atoms with E-state index in [1.165, 1.54) is 14.0 Å². The Kier molecular flexibility index (Phi) is 4.59. The number of ether oxygens (including phenoxy) is 2. The molecule has 0 aliphatic carbocycles. The van der Waals surface area contributed by atoms with E-state index in [-0.39, 0.29) is 0 Å². The van der Waals surface area contributed by atoms with E-state index in [0.717, 1.165) is 18.4 Å². The van der Waals surface area contributed by atoms with Crippen molar-refractivity contribution >= 4 is 5.97 Å². The molecule has 3 heteroatoms. The predicted octanol–water partition coefficient (Wildman–Crippen LogP) is 2.55. The topological polar surface area (TPSA) is 35.5 Å². The first-order valence-electron chi connectivity index (χ1n) is 5.48. The van der Waals surface area contributed by atoms with Crippen LogP contribution in [-0.2, 0) is 11.2 Å². The van der Waals surface area contributed by atoms with Gasteiger partial charge in [-0.3, -0.25) is 4.79 Å². The molecule has 3 nitrogen and oxygen atoms in total. The Hall–Kier alpha value is -1.95. The molecule has 0 saturated heterocycles. The fourth-order valence-corrected chi connectivity index (χ4v) is 1.60. The zero-order chi connectivity index (χ0) is 12.8. The zero-order valence-corrected chi connectivity index (χ0v) is 10.4. The van der Waals surface area contributed by atoms with Gasteiger partial charge in [-0.05, 0) is 24.1 Å². The van der Waals surface area contributed by atoms with Crippen molar-refractivity contribution in [3.63, 3.8) is 0 Å². The van der Waals surface area contributed by atoms with Crippen LogP contribution in [0.3, 0.4) is 0 Å². The number of terminal acetylenes is 1. The summed E-state index contributed by atoms with van der Waals surface area (Å²) in [7, 11) is 1.53. The van der Waals surface area contributed by atoms with Crippen LogP contribution in [-0.4, -0.2) is 13.1 Å². The van der Waals surface area contributed by atoms with Gasteiger partial charge in [0.2, 0.25) is 0 Å². The number of carbonyl (C=O) groups is 1. The summed E-state index contributed by atoms with van der Waals surface area (Å²) in [5.41, 5.74) is 1.62. The second-order valence-electron chi connectivity index (χ2n) is 3.66. The lowest BCUT2D eigenvalue weighted by atomic mass is 10.1. The molecule has 0 atom stereocenters. The Balaban J connectivity index is 3.27. The number of aryl methyl sites for hydroxylation is 1. The normalized spacial score (nSPS) is 9.53. The van der Waals surface area contributed by atoms with Gasteiger partial charge in [0, 0.05) is 6.92 Å². The molecule has 0 amide bonds. The fraction of sp³-hybridized carbons (Fsp3) is 0.357. The van der Waals surface area contributed by atoms with Gasteiger partial charge >= 0.3 is 5.97 Å². The molecule has 90 valence electrons. The molecule has 0 fully saturated rings. The highest BCUT2D eigenvalue weighted by Crippen LogP contribution is 2.33. The molecule has 0 unspecified atom stereocenters. The molecule has 17 heavy (non-hydrogen) atoms. The molecular weight excluding hydrogens is 216 g/mol. The monoisotopic (exact) mass is 232 g/mol. The van der Waals surface area contributed by atoms with Crippen molar-refractivity contribution < 1.29 is 14.3 Å². The molecule has 0 saturated carbocycles. The molecule has 1 rings (SSSR count). The van der Waals surface area contributed by atoms with Crippen molar-refractivity contribution in [3.05, 3.63) is 23.3 Å². The average molecular weight is 232 g/mol. The quantitative estimate of drug-likeness (QED) is 0.454. The number of esters is 1. The van der Waals surface area contributed by atoms with E-state index < -0.39 is 5.97 Å². The molecule has 0 aliphatic heterocycles. The Morgan fingerprint density at radius 1 is 1.47 bits per heavy atom. The Labute approximate surface area is 102 Å². The number of hydrogen-bond acceptors (Lipinski definition) is 3. The summed E-state index contributed by atoms with van der Waals surface area (Å²) in [5.74, 6) is 2.92. The summed E-state index contributed by atoms with van der Waals surface area (Å²) in [5, 5.41) is 0. The Morgan fingerprint density at radius 2 is 2.18 bits per heavy atom. The third-order valence-electron chi connectivity index (χ3n) is 2.27. The highest BCUT2D eigenvalue weighted by Gasteiger charge is 2.13. The van der Waals surface area contributed by atoms with Crippen molar-refractivity contribution in [3.8, 4) is 23.8 Å². The van der Waals surface area contributed by atoms with Gasteiger partial charge < -0.3 is 9.47 Å². The van der Waals surface area contributed by atoms with E-state index in [1.54, 1.807) is 0 Å². The minimum atomic E-state index is -0.414. The molecule has 0 radical (unpaired) electrons. The average Bonchev–Trinajstić information content (AvgIpc) is 2.30. The van der Waals surface area contributed by atoms with Crippen LogP contribution in [0.25, 0.3) is 0 Å². The van der Waals surface area contributed by atoms with E-state index in [0.29, 0.717) is 17.1 Å². The predicted molar refractivity (Wildman–Crippen MR) is 66.2 cm³/mol. The van der Waals surface area contributed by atoms with E-state index in [9.17, 15) is 4.79 Å². The molecular formula is C14H16O3. The molecule has 0 N–H and O–H groups in total. The lowest BCUT2D eigenvalue weighted by Gasteiger charge is -2.12. The highest BCUT2D eigenvalue weighted by atomic mass is 16.6. The second-order valence-corrected chi connectivity index (χ2v) is 3.66. The maximum Gasteiger partial charge on any atom is 0.308 e. The van der Waals surface area contributed by atoms with Crippen LogP contribution in [0.5, 0.6) is 11.5 Å². The number of methoxy groups -OCH3 is 1. The SMILES string of the molecule is C#Cc1cc(CCC)cc(OC)c1OC(C)=O. The minimum absolute atomic E-state index is 0.322. The third-order valence-corrected chi connectivity index (χ3v) is 2.27. The van der Waals surface area contributed by atoms with Crippen molar-refractivity contribution in [1.82, 2.24) is 0 Å². The van der Waals surface area contributed by atoms with E-state index in [2.05, 4.69) is 12.8 Å². The minimum Gasteiger partial charge on any atom is -0.493 e. The van der Waals surface area contributed by atoms with Crippen molar-refractivity contribution in [2.75, 3.05) is 7.11 Å². The molecule has 0 aliphatic rings. The lowest BCUT2D eigenvalue weighted by Crippen LogP contribution is -2.05. The first-order valence-corrected chi connectivity index (χ1v) is 5.48. The smallest absolute Gasteiger partial charge is 0.308 e. The van der Waals surface area contributed by atoms with Crippen LogP contribution in [0.2, 0.25) is 0 Å². The summed E-state index contributed by atoms with van der Waals surface area (Å²) in [6.45, 7) is 3.42. The Bertz CT molecular complexity index is 455. The second kappa shape index (κ2) is 5.95. The van der Waals surface area contributed by atoms with E-state index in [4.69, 9.17) is 15.9 Å². The van der Waals surface area contributed by atoms with Gasteiger partial charge in [-0.1, -0.05) is 19.3 Å². The van der Waals surface area contributed by atoms with Gasteiger partial charge in [-0.25, -0.2) is 0 Å². The number of carbonyl (C=O) groups excluding carboxylic acids is 1. The fourth-order valence-electron chi connectivity index (χ4n) is 1.60. The Morgan fingerprint density at radius 3 is 2.65 bits per heavy atom. The zero-order valence-electron chi connectivity index (χ0n) is 10.4. The molecule has 0 bridgehead atoms. The maximum atomic E-state index is 11.0. The largest absolute Gasteiger partial charge is 0.493 e. The summed E-state index contributed by atoms with van der Waals surface area (Å²) in [4.78, 5) is 11.0. The summed E-state index contributed by atoms with van der Waals surface area (Å²) in [6, 6.07) is 3.70. The van der Waals surface area contributed by atoms with E-state index in [1.807, 2.05) is 12.1 Å². The van der Waals surface area contributed by atoms with Gasteiger partial charge in [0.15, 0.2) is 11.5 Å². The van der Waals surface area contributed by atoms with Crippen LogP contribution in [0, 0.1) is 12.3 Å². The highest BCUT2D eigenvalue weighted by molar-refractivity contribution is 5.72. The molecule has 1 aromatic carbocycles. The number of hydrogen-bond donors (Lipinski definition) is 0. The summed E-state index contributed by atoms with van der Waals surface area (Å²) < 4.78 is 10.3. The van der Waals surface area contributed by atoms with Gasteiger partial charge in [0.1, 0.15) is 0 Å². The summed E-state index contributed by atoms with van der Waals surface area (Å²) in [6.07, 6.45) is 7.34. The molecule has 0 spiro atoms. The van der Waals surface area contributed by atoms with Crippen LogP contribution >= 0.6 is 0 Å². The maximum absolute atomic E-state index is 11.0. The first-order chi connectivity index (χ1) is 8.12. The van der Waals surface area contributed by atoms with Crippen LogP contribution < -0.4 is 9.47 Å². The van der Waals surface area contributed by atoms with Gasteiger partial charge in [-0.2, -0.15) is 0 Å². The van der Waals surface area contributed by atoms with E-state index >= 15 is 0 Å². The molecule has 1 aromatic rings. The summed E-state index contributed by atoms with van der Waals surface area (Å²) >= 11 is 0. The number of benzene rings is 1. The van der Waals surface area contributed by atoms with Crippen molar-refractivity contribution in [1.29, 1.82) is 0 Å². The van der Waals surface area contributed by atoms with Gasteiger partial charge in [0.05, 0.1) is 12.7 Å². The lowest BCUT2D eigenvalue weighted by molar-refractivity contribution is -0.132. The third kappa shape index (κ3) is 3.25. The van der Waals surface area contributed by atoms with Crippen molar-refractivity contribution in [2.45, 2.75) is 26.7 Å². The van der Waals surface area contributed by atoms with Gasteiger partial charge in [-0.15, -0.1) is 6.42 Å². The first kappa shape index (κ1) is 13.1. The van der Waals surface area contributed by atoms with Gasteiger partial charge in [0.25, 0.3) is 0 Å². The van der Waals surface area contributed by atoms with Crippen molar-refractivity contribution in [2.24, 2.45) is 0 Å². The van der Waals surface area contributed by atoms with Crippen LogP contribution in [0.4, 0.5) is 0 Å². The van der Waals surface area contributed by atoms with Crippen LogP contribution in [0.15, 0.2) is 12.1 Å². The standard InChI is InChI=1S/C14H16O3/c1-5-7-11-8-12(6-2)14(17-10(3)15)13(9-11)16-4/h2,8-9H,5,7H2,1,3-4H3. The molecule has 0 aromatic heterocycles. The molecule has 0 heterocycles.